The third kappa shape index (κ3) is 4.54. The Balaban J connectivity index is 1.96. The van der Waals surface area contributed by atoms with Gasteiger partial charge in [0, 0.05) is 21.1 Å². The maximum atomic E-state index is 11.8. The van der Waals surface area contributed by atoms with Gasteiger partial charge in [0.1, 0.15) is 5.75 Å². The zero-order chi connectivity index (χ0) is 16.1. The predicted molar refractivity (Wildman–Crippen MR) is 89.1 cm³/mol. The highest BCUT2D eigenvalue weighted by atomic mass is 79.9. The average molecular weight is 430 g/mol. The van der Waals surface area contributed by atoms with Crippen molar-refractivity contribution in [1.29, 1.82) is 0 Å². The molecule has 0 bridgehead atoms. The monoisotopic (exact) mass is 428 g/mol. The van der Waals surface area contributed by atoms with Crippen LogP contribution in [0.25, 0.3) is 0 Å². The molecule has 114 valence electrons. The van der Waals surface area contributed by atoms with Crippen LogP contribution in [0.2, 0.25) is 0 Å². The first-order chi connectivity index (χ1) is 10.5. The summed E-state index contributed by atoms with van der Waals surface area (Å²) < 4.78 is 6.64. The summed E-state index contributed by atoms with van der Waals surface area (Å²) in [5.41, 5.74) is 0.378. The van der Waals surface area contributed by atoms with E-state index in [0.29, 0.717) is 15.9 Å². The quantitative estimate of drug-likeness (QED) is 0.572. The summed E-state index contributed by atoms with van der Waals surface area (Å²) in [6.07, 6.45) is 0. The van der Waals surface area contributed by atoms with Gasteiger partial charge < -0.3 is 10.1 Å². The fourth-order valence-electron chi connectivity index (χ4n) is 1.61. The molecule has 0 saturated carbocycles. The number of nitrogens with zero attached hydrogens (tertiary/aromatic N) is 1. The van der Waals surface area contributed by atoms with Gasteiger partial charge >= 0.3 is 0 Å². The molecular formula is C14H10Br2N2O4. The van der Waals surface area contributed by atoms with Gasteiger partial charge in [-0.2, -0.15) is 0 Å². The van der Waals surface area contributed by atoms with Crippen molar-refractivity contribution in [3.8, 4) is 5.75 Å². The van der Waals surface area contributed by atoms with Crippen molar-refractivity contribution in [3.05, 3.63) is 61.5 Å². The van der Waals surface area contributed by atoms with Crippen molar-refractivity contribution < 1.29 is 14.5 Å². The van der Waals surface area contributed by atoms with Crippen LogP contribution in [-0.4, -0.2) is 17.4 Å². The molecule has 0 aliphatic carbocycles. The second-order valence-corrected chi connectivity index (χ2v) is 5.99. The fraction of sp³-hybridized carbons (Fsp3) is 0.0714. The summed E-state index contributed by atoms with van der Waals surface area (Å²) in [5.74, 6) is 0.196. The van der Waals surface area contributed by atoms with Crippen molar-refractivity contribution in [2.45, 2.75) is 0 Å². The molecule has 0 atom stereocenters. The lowest BCUT2D eigenvalue weighted by Gasteiger charge is -2.09. The van der Waals surface area contributed by atoms with E-state index in [1.54, 1.807) is 18.2 Å². The number of ether oxygens (including phenoxy) is 1. The molecule has 0 aliphatic rings. The van der Waals surface area contributed by atoms with Gasteiger partial charge in [-0.1, -0.05) is 22.0 Å². The molecule has 2 rings (SSSR count). The minimum Gasteiger partial charge on any atom is -0.484 e. The number of nitrogens with one attached hydrogen (secondary N) is 1. The molecule has 0 aliphatic heterocycles. The molecule has 0 fully saturated rings. The first-order valence-electron chi connectivity index (χ1n) is 6.08. The number of carbonyl (C=O) groups excluding carboxylic acids is 1. The molecule has 2 aromatic rings. The zero-order valence-electron chi connectivity index (χ0n) is 11.1. The largest absolute Gasteiger partial charge is 0.484 e. The molecule has 6 nitrogen and oxygen atoms in total. The number of rotatable bonds is 5. The minimum atomic E-state index is -0.507. The number of amides is 1. The lowest BCUT2D eigenvalue weighted by atomic mass is 10.3. The topological polar surface area (TPSA) is 81.5 Å². The van der Waals surface area contributed by atoms with E-state index in [4.69, 9.17) is 4.74 Å². The highest BCUT2D eigenvalue weighted by Gasteiger charge is 2.11. The Morgan fingerprint density at radius 2 is 2.00 bits per heavy atom. The van der Waals surface area contributed by atoms with E-state index in [-0.39, 0.29) is 18.2 Å². The van der Waals surface area contributed by atoms with Gasteiger partial charge in [-0.15, -0.1) is 0 Å². The van der Waals surface area contributed by atoms with Crippen LogP contribution in [0, 0.1) is 10.1 Å². The van der Waals surface area contributed by atoms with Crippen LogP contribution in [-0.2, 0) is 4.79 Å². The van der Waals surface area contributed by atoms with Crippen molar-refractivity contribution >= 4 is 49.1 Å². The molecule has 0 heterocycles. The summed E-state index contributed by atoms with van der Waals surface area (Å²) >= 11 is 6.49. The highest BCUT2D eigenvalue weighted by Crippen LogP contribution is 2.27. The summed E-state index contributed by atoms with van der Waals surface area (Å²) in [6, 6.07) is 11.2. The number of non-ortho nitro benzene ring substituents is 1. The Morgan fingerprint density at radius 3 is 2.64 bits per heavy atom. The maximum absolute atomic E-state index is 11.8. The van der Waals surface area contributed by atoms with Crippen LogP contribution in [0.5, 0.6) is 5.75 Å². The smallest absolute Gasteiger partial charge is 0.270 e. The third-order valence-corrected chi connectivity index (χ3v) is 3.75. The first kappa shape index (κ1) is 16.4. The number of hydrogen-bond donors (Lipinski definition) is 1. The number of carbonyl (C=O) groups is 1. The SMILES string of the molecule is O=C(COc1cccc(Br)c1)Nc1ccc([N+](=O)[O-])cc1Br. The molecular weight excluding hydrogens is 420 g/mol. The van der Waals surface area contributed by atoms with Crippen molar-refractivity contribution in [2.24, 2.45) is 0 Å². The molecule has 0 unspecified atom stereocenters. The van der Waals surface area contributed by atoms with Gasteiger partial charge in [-0.3, -0.25) is 14.9 Å². The van der Waals surface area contributed by atoms with Crippen molar-refractivity contribution in [1.82, 2.24) is 0 Å². The van der Waals surface area contributed by atoms with E-state index in [1.165, 1.54) is 18.2 Å². The normalized spacial score (nSPS) is 10.1. The van der Waals surface area contributed by atoms with Gasteiger partial charge in [0.15, 0.2) is 6.61 Å². The van der Waals surface area contributed by atoms with Gasteiger partial charge in [0.05, 0.1) is 10.6 Å². The van der Waals surface area contributed by atoms with Crippen LogP contribution in [0.3, 0.4) is 0 Å². The number of benzene rings is 2. The lowest BCUT2D eigenvalue weighted by Crippen LogP contribution is -2.20. The molecule has 22 heavy (non-hydrogen) atoms. The molecule has 0 spiro atoms. The number of halogens is 2. The van der Waals surface area contributed by atoms with E-state index in [1.807, 2.05) is 6.07 Å². The Labute approximate surface area is 142 Å². The molecule has 1 amide bonds. The third-order valence-electron chi connectivity index (χ3n) is 2.60. The van der Waals surface area contributed by atoms with Crippen LogP contribution < -0.4 is 10.1 Å². The highest BCUT2D eigenvalue weighted by molar-refractivity contribution is 9.10. The molecule has 0 saturated heterocycles. The van der Waals surface area contributed by atoms with Crippen molar-refractivity contribution in [2.75, 3.05) is 11.9 Å². The van der Waals surface area contributed by atoms with Gasteiger partial charge in [-0.05, 0) is 40.2 Å². The van der Waals surface area contributed by atoms with Gasteiger partial charge in [0.25, 0.3) is 11.6 Å². The van der Waals surface area contributed by atoms with Crippen LogP contribution in [0.1, 0.15) is 0 Å². The van der Waals surface area contributed by atoms with E-state index in [2.05, 4.69) is 37.2 Å². The van der Waals surface area contributed by atoms with Gasteiger partial charge in [-0.25, -0.2) is 0 Å². The standard InChI is InChI=1S/C14H10Br2N2O4/c15-9-2-1-3-11(6-9)22-8-14(19)17-13-5-4-10(18(20)21)7-12(13)16/h1-7H,8H2,(H,17,19). The summed E-state index contributed by atoms with van der Waals surface area (Å²) in [7, 11) is 0. The summed E-state index contributed by atoms with van der Waals surface area (Å²) in [4.78, 5) is 22.0. The molecule has 0 radical (unpaired) electrons. The Bertz CT molecular complexity index is 722. The summed E-state index contributed by atoms with van der Waals surface area (Å²) in [5, 5.41) is 13.3. The Kier molecular flexibility index (Phi) is 5.51. The number of anilines is 1. The van der Waals surface area contributed by atoms with Crippen LogP contribution in [0.15, 0.2) is 51.4 Å². The maximum Gasteiger partial charge on any atom is 0.270 e. The first-order valence-corrected chi connectivity index (χ1v) is 7.66. The number of nitro groups is 1. The minimum absolute atomic E-state index is 0.0599. The Hall–Kier alpha value is -1.93. The van der Waals surface area contributed by atoms with E-state index in [0.717, 1.165) is 4.47 Å². The molecule has 1 N–H and O–H groups in total. The second-order valence-electron chi connectivity index (χ2n) is 4.22. The zero-order valence-corrected chi connectivity index (χ0v) is 14.3. The average Bonchev–Trinajstić information content (AvgIpc) is 2.47. The molecule has 8 heteroatoms. The van der Waals surface area contributed by atoms with Crippen LogP contribution >= 0.6 is 31.9 Å². The van der Waals surface area contributed by atoms with Crippen LogP contribution in [0.4, 0.5) is 11.4 Å². The van der Waals surface area contributed by atoms with E-state index in [9.17, 15) is 14.9 Å². The fourth-order valence-corrected chi connectivity index (χ4v) is 2.45. The van der Waals surface area contributed by atoms with E-state index < -0.39 is 4.92 Å². The number of hydrogen-bond acceptors (Lipinski definition) is 4. The van der Waals surface area contributed by atoms with E-state index >= 15 is 0 Å². The second kappa shape index (κ2) is 7.37. The lowest BCUT2D eigenvalue weighted by molar-refractivity contribution is -0.384. The van der Waals surface area contributed by atoms with Crippen molar-refractivity contribution in [3.63, 3.8) is 0 Å². The number of nitro benzene ring substituents is 1. The van der Waals surface area contributed by atoms with Gasteiger partial charge in [0.2, 0.25) is 0 Å². The molecule has 2 aromatic carbocycles. The summed E-state index contributed by atoms with van der Waals surface area (Å²) in [6.45, 7) is -0.167. The Morgan fingerprint density at radius 1 is 1.23 bits per heavy atom. The molecule has 0 aromatic heterocycles. The predicted octanol–water partition coefficient (Wildman–Crippen LogP) is 4.14.